The zero-order valence-electron chi connectivity index (χ0n) is 20.1. The van der Waals surface area contributed by atoms with Gasteiger partial charge in [-0.3, -0.25) is 9.59 Å². The Kier molecular flexibility index (Phi) is 7.54. The molecule has 3 aliphatic heterocycles. The van der Waals surface area contributed by atoms with E-state index >= 15 is 0 Å². The van der Waals surface area contributed by atoms with Crippen LogP contribution in [0.2, 0.25) is 0 Å². The van der Waals surface area contributed by atoms with Gasteiger partial charge < -0.3 is 19.5 Å². The minimum Gasteiger partial charge on any atom is -0.428 e. The Labute approximate surface area is 209 Å². The fourth-order valence-corrected chi connectivity index (χ4v) is 7.83. The summed E-state index contributed by atoms with van der Waals surface area (Å²) in [5.74, 6) is -2.05. The van der Waals surface area contributed by atoms with E-state index in [-0.39, 0.29) is 41.8 Å². The van der Waals surface area contributed by atoms with Gasteiger partial charge in [0.05, 0.1) is 24.0 Å². The van der Waals surface area contributed by atoms with Crippen LogP contribution in [0.5, 0.6) is 0 Å². The first kappa shape index (κ1) is 26.4. The van der Waals surface area contributed by atoms with Crippen LogP contribution in [0, 0.1) is 23.7 Å². The average Bonchev–Trinajstić information content (AvgIpc) is 2.97. The number of β-lactam (4-membered cyclic amide) rings is 1. The standard InChI is InChI=1S/C22H33N3O8S2/c1-11-4-6-14(7-5-11)21(28)32-10-33-22(29)18-19(34-15-8-24(9-15)35(23,30)31)12(2)17-16(13(3)26)20(27)25(17)18/h11-17,26H,4-10H2,1-3H3,(H2,23,30,31)/t11?,12-,13-,14?,16-,17-/m1/s1. The lowest BCUT2D eigenvalue weighted by Crippen LogP contribution is -2.63. The number of esters is 2. The molecular weight excluding hydrogens is 498 g/mol. The van der Waals surface area contributed by atoms with E-state index in [1.165, 1.54) is 23.6 Å². The van der Waals surface area contributed by atoms with Crippen molar-refractivity contribution in [2.24, 2.45) is 28.8 Å². The minimum absolute atomic E-state index is 0.0750. The number of carbonyl (C=O) groups is 3. The van der Waals surface area contributed by atoms with Crippen molar-refractivity contribution in [1.29, 1.82) is 0 Å². The van der Waals surface area contributed by atoms with Crippen LogP contribution in [0.1, 0.15) is 46.5 Å². The van der Waals surface area contributed by atoms with Gasteiger partial charge in [-0.15, -0.1) is 11.8 Å². The summed E-state index contributed by atoms with van der Waals surface area (Å²) in [6, 6.07) is -0.395. The summed E-state index contributed by atoms with van der Waals surface area (Å²) in [5.41, 5.74) is 0.0750. The molecular formula is C22H33N3O8S2. The number of hydrogen-bond donors (Lipinski definition) is 2. The zero-order valence-corrected chi connectivity index (χ0v) is 21.7. The van der Waals surface area contributed by atoms with Crippen molar-refractivity contribution in [3.05, 3.63) is 10.6 Å². The molecule has 3 N–H and O–H groups in total. The van der Waals surface area contributed by atoms with Crippen LogP contribution in [0.3, 0.4) is 0 Å². The number of aliphatic hydroxyl groups excluding tert-OH is 1. The Hall–Kier alpha value is -1.67. The number of amides is 1. The molecule has 0 aromatic heterocycles. The summed E-state index contributed by atoms with van der Waals surface area (Å²) < 4.78 is 34.6. The van der Waals surface area contributed by atoms with Crippen LogP contribution in [0.25, 0.3) is 0 Å². The maximum Gasteiger partial charge on any atom is 0.358 e. The molecule has 11 nitrogen and oxygen atoms in total. The molecule has 35 heavy (non-hydrogen) atoms. The van der Waals surface area contributed by atoms with Gasteiger partial charge in [0.25, 0.3) is 10.2 Å². The molecule has 0 bridgehead atoms. The molecule has 0 spiro atoms. The van der Waals surface area contributed by atoms with E-state index in [9.17, 15) is 27.9 Å². The third-order valence-corrected chi connectivity index (χ3v) is 9.98. The number of fused-ring (bicyclic) bond motifs is 1. The second-order valence-electron chi connectivity index (χ2n) is 10.0. The lowest BCUT2D eigenvalue weighted by Gasteiger charge is -2.46. The number of carbonyl (C=O) groups excluding carboxylic acids is 3. The number of aliphatic hydroxyl groups is 1. The van der Waals surface area contributed by atoms with Crippen molar-refractivity contribution in [3.63, 3.8) is 0 Å². The summed E-state index contributed by atoms with van der Waals surface area (Å²) in [6.07, 6.45) is 2.53. The Balaban J connectivity index is 1.43. The van der Waals surface area contributed by atoms with Gasteiger partial charge in [-0.05, 0) is 38.5 Å². The minimum atomic E-state index is -3.78. The predicted octanol–water partition coefficient (Wildman–Crippen LogP) is 0.547. The third-order valence-electron chi connectivity index (χ3n) is 7.51. The van der Waals surface area contributed by atoms with Crippen molar-refractivity contribution >= 4 is 39.8 Å². The second kappa shape index (κ2) is 10.0. The maximum atomic E-state index is 13.1. The normalized spacial score (nSPS) is 32.5. The molecule has 2 saturated heterocycles. The van der Waals surface area contributed by atoms with Gasteiger partial charge in [-0.1, -0.05) is 13.8 Å². The molecule has 1 amide bonds. The molecule has 13 heteroatoms. The number of nitrogens with zero attached hydrogens (tertiary/aromatic N) is 2. The van der Waals surface area contributed by atoms with E-state index in [0.717, 1.165) is 30.0 Å². The Morgan fingerprint density at radius 1 is 1.17 bits per heavy atom. The Bertz CT molecular complexity index is 1020. The van der Waals surface area contributed by atoms with Crippen molar-refractivity contribution in [2.75, 3.05) is 19.9 Å². The maximum absolute atomic E-state index is 13.1. The number of rotatable bonds is 8. The molecule has 0 radical (unpaired) electrons. The molecule has 0 aromatic rings. The average molecular weight is 532 g/mol. The second-order valence-corrected chi connectivity index (χ2v) is 12.9. The van der Waals surface area contributed by atoms with Crippen LogP contribution in [0.15, 0.2) is 10.6 Å². The van der Waals surface area contributed by atoms with E-state index < -0.39 is 47.0 Å². The first-order chi connectivity index (χ1) is 16.4. The van der Waals surface area contributed by atoms with Crippen molar-refractivity contribution < 1.29 is 37.4 Å². The Morgan fingerprint density at radius 3 is 2.37 bits per heavy atom. The van der Waals surface area contributed by atoms with E-state index in [1.54, 1.807) is 0 Å². The van der Waals surface area contributed by atoms with Crippen molar-refractivity contribution in [2.45, 2.75) is 63.9 Å². The van der Waals surface area contributed by atoms with Gasteiger partial charge in [0.15, 0.2) is 0 Å². The summed E-state index contributed by atoms with van der Waals surface area (Å²) in [4.78, 5) is 40.1. The van der Waals surface area contributed by atoms with E-state index in [4.69, 9.17) is 14.6 Å². The molecule has 1 aliphatic carbocycles. The lowest BCUT2D eigenvalue weighted by molar-refractivity contribution is -0.174. The fraction of sp³-hybridized carbons (Fsp3) is 0.773. The highest BCUT2D eigenvalue weighted by Crippen LogP contribution is 2.52. The largest absolute Gasteiger partial charge is 0.428 e. The van der Waals surface area contributed by atoms with Gasteiger partial charge in [0, 0.05) is 29.2 Å². The molecule has 0 aromatic carbocycles. The highest BCUT2D eigenvalue weighted by Gasteiger charge is 2.60. The molecule has 1 saturated carbocycles. The number of nitrogens with two attached hydrogens (primary N) is 1. The van der Waals surface area contributed by atoms with Gasteiger partial charge in [0.1, 0.15) is 5.70 Å². The smallest absolute Gasteiger partial charge is 0.358 e. The van der Waals surface area contributed by atoms with Crippen LogP contribution in [-0.4, -0.2) is 77.9 Å². The van der Waals surface area contributed by atoms with E-state index in [1.807, 2.05) is 6.92 Å². The quantitative estimate of drug-likeness (QED) is 0.259. The third kappa shape index (κ3) is 5.10. The molecule has 4 atom stereocenters. The molecule has 4 aliphatic rings. The SMILES string of the molecule is CC1CCC(C(=O)OCOC(=O)C2=C(SC3CN(S(N)(=O)=O)C3)[C@H](C)[C@@H]3[C@@H]([C@@H](C)O)C(=O)N23)CC1. The lowest BCUT2D eigenvalue weighted by atomic mass is 9.79. The van der Waals surface area contributed by atoms with Crippen LogP contribution < -0.4 is 5.14 Å². The Morgan fingerprint density at radius 2 is 1.80 bits per heavy atom. The molecule has 3 fully saturated rings. The first-order valence-electron chi connectivity index (χ1n) is 11.9. The molecule has 4 rings (SSSR count). The van der Waals surface area contributed by atoms with Gasteiger partial charge in [-0.2, -0.15) is 12.7 Å². The summed E-state index contributed by atoms with van der Waals surface area (Å²) >= 11 is 1.32. The summed E-state index contributed by atoms with van der Waals surface area (Å²) in [5, 5.41) is 15.1. The highest BCUT2D eigenvalue weighted by molar-refractivity contribution is 8.04. The number of thioether (sulfide) groups is 1. The van der Waals surface area contributed by atoms with Crippen LogP contribution in [-0.2, 0) is 34.1 Å². The van der Waals surface area contributed by atoms with Gasteiger partial charge in [-0.25, -0.2) is 9.93 Å². The molecule has 196 valence electrons. The van der Waals surface area contributed by atoms with Gasteiger partial charge >= 0.3 is 11.9 Å². The monoisotopic (exact) mass is 531 g/mol. The zero-order chi connectivity index (χ0) is 25.7. The molecule has 3 heterocycles. The highest BCUT2D eigenvalue weighted by atomic mass is 32.2. The first-order valence-corrected chi connectivity index (χ1v) is 14.3. The van der Waals surface area contributed by atoms with Crippen LogP contribution in [0.4, 0.5) is 0 Å². The van der Waals surface area contributed by atoms with E-state index in [0.29, 0.717) is 10.8 Å². The summed E-state index contributed by atoms with van der Waals surface area (Å²) in [6.45, 7) is 5.39. The van der Waals surface area contributed by atoms with Crippen LogP contribution >= 0.6 is 11.8 Å². The fourth-order valence-electron chi connectivity index (χ4n) is 5.35. The van der Waals surface area contributed by atoms with Crippen molar-refractivity contribution in [1.82, 2.24) is 9.21 Å². The number of hydrogen-bond acceptors (Lipinski definition) is 9. The number of ether oxygens (including phenoxy) is 2. The van der Waals surface area contributed by atoms with Gasteiger partial charge in [0.2, 0.25) is 12.7 Å². The van der Waals surface area contributed by atoms with E-state index in [2.05, 4.69) is 6.92 Å². The van der Waals surface area contributed by atoms with Crippen molar-refractivity contribution in [3.8, 4) is 0 Å². The summed E-state index contributed by atoms with van der Waals surface area (Å²) in [7, 11) is -3.78. The predicted molar refractivity (Wildman–Crippen MR) is 126 cm³/mol. The topological polar surface area (TPSA) is 157 Å². The molecule has 0 unspecified atom stereocenters.